The van der Waals surface area contributed by atoms with Gasteiger partial charge in [0, 0.05) is 0 Å². The number of carbonyl (C=O) groups excluding carboxylic acids is 4. The van der Waals surface area contributed by atoms with Crippen LogP contribution >= 0.6 is 0 Å². The van der Waals surface area contributed by atoms with Crippen molar-refractivity contribution < 1.29 is 38.1 Å². The van der Waals surface area contributed by atoms with Gasteiger partial charge in [0.15, 0.2) is 0 Å². The molecule has 0 N–H and O–H groups in total. The highest BCUT2D eigenvalue weighted by Gasteiger charge is 2.15. The third kappa shape index (κ3) is 11.7. The average Bonchev–Trinajstić information content (AvgIpc) is 3.24. The molecule has 6 aromatic carbocycles. The molecule has 0 saturated heterocycles. The quantitative estimate of drug-likeness (QED) is 0.0483. The lowest BCUT2D eigenvalue weighted by Crippen LogP contribution is -2.10. The van der Waals surface area contributed by atoms with Crippen LogP contribution in [0, 0.1) is 0 Å². The largest absolute Gasteiger partial charge is 0.423 e. The van der Waals surface area contributed by atoms with Gasteiger partial charge in [-0.2, -0.15) is 0 Å². The Balaban J connectivity index is 0.992. The molecule has 0 heterocycles. The molecule has 0 atom stereocenters. The summed E-state index contributed by atoms with van der Waals surface area (Å²) in [6, 6.07) is 37.6. The van der Waals surface area contributed by atoms with Crippen molar-refractivity contribution >= 4 is 34.6 Å². The molecule has 0 fully saturated rings. The highest BCUT2D eigenvalue weighted by molar-refractivity contribution is 5.95. The van der Waals surface area contributed by atoms with E-state index < -0.39 is 23.9 Å². The van der Waals surface area contributed by atoms with Crippen LogP contribution in [0.3, 0.4) is 0 Å². The Morgan fingerprint density at radius 3 is 1.00 bits per heavy atom. The molecule has 0 unspecified atom stereocenters. The molecule has 0 amide bonds. The molecule has 0 bridgehead atoms. The van der Waals surface area contributed by atoms with Crippen molar-refractivity contribution in [3.63, 3.8) is 0 Å². The van der Waals surface area contributed by atoms with Crippen LogP contribution in [0.1, 0.15) is 118 Å². The monoisotopic (exact) mass is 776 g/mol. The standard InChI is InChI=1S/C50H48O8/c1-3-5-7-9-11-35-13-17-38(18-14-35)47(51)55-43-27-23-40(24-28-43)49(53)57-45-31-21-37-22-32-46(34-42(37)33-45)58-50(54)41-25-29-44(30-26-41)56-48(52)39-19-15-36(16-20-39)12-10-8-6-4-2/h13-34H,3-12H2,1-2H3. The third-order valence-electron chi connectivity index (χ3n) is 9.82. The molecular formula is C50H48O8. The SMILES string of the molecule is CCCCCCc1ccc(C(=O)Oc2ccc(C(=O)Oc3ccc4ccc(OC(=O)c5ccc(OC(=O)c6ccc(CCCCCC)cc6)cc5)cc4c3)cc2)cc1. The molecule has 6 aromatic rings. The van der Waals surface area contributed by atoms with E-state index in [0.29, 0.717) is 39.5 Å². The Bertz CT molecular complexity index is 2150. The lowest BCUT2D eigenvalue weighted by molar-refractivity contribution is 0.0720. The Kier molecular flexibility index (Phi) is 14.6. The molecule has 0 aliphatic rings. The van der Waals surface area contributed by atoms with Crippen molar-refractivity contribution in [1.29, 1.82) is 0 Å². The number of ether oxygens (including phenoxy) is 4. The maximum absolute atomic E-state index is 13.0. The topological polar surface area (TPSA) is 105 Å². The molecule has 0 aliphatic carbocycles. The summed E-state index contributed by atoms with van der Waals surface area (Å²) in [6.45, 7) is 4.38. The molecule has 0 aliphatic heterocycles. The van der Waals surface area contributed by atoms with Gasteiger partial charge in [0.25, 0.3) is 0 Å². The highest BCUT2D eigenvalue weighted by atomic mass is 16.5. The summed E-state index contributed by atoms with van der Waals surface area (Å²) in [5, 5.41) is 1.54. The van der Waals surface area contributed by atoms with Crippen LogP contribution in [0.15, 0.2) is 133 Å². The van der Waals surface area contributed by atoms with Gasteiger partial charge in [0.1, 0.15) is 23.0 Å². The van der Waals surface area contributed by atoms with E-state index in [9.17, 15) is 19.2 Å². The fraction of sp³-hybridized carbons (Fsp3) is 0.240. The zero-order valence-corrected chi connectivity index (χ0v) is 33.0. The first-order chi connectivity index (χ1) is 28.3. The lowest BCUT2D eigenvalue weighted by Gasteiger charge is -2.09. The van der Waals surface area contributed by atoms with Crippen LogP contribution in [0.2, 0.25) is 0 Å². The van der Waals surface area contributed by atoms with Crippen LogP contribution in [0.4, 0.5) is 0 Å². The number of rotatable bonds is 18. The van der Waals surface area contributed by atoms with Crippen molar-refractivity contribution in [3.8, 4) is 23.0 Å². The predicted molar refractivity (Wildman–Crippen MR) is 225 cm³/mol. The van der Waals surface area contributed by atoms with Gasteiger partial charge in [-0.05, 0) is 145 Å². The Hall–Kier alpha value is -6.54. The second kappa shape index (κ2) is 20.6. The number of unbranched alkanes of at least 4 members (excludes halogenated alkanes) is 6. The maximum atomic E-state index is 13.0. The van der Waals surface area contributed by atoms with Gasteiger partial charge in [-0.1, -0.05) is 88.8 Å². The summed E-state index contributed by atoms with van der Waals surface area (Å²) in [5.74, 6) is -0.916. The van der Waals surface area contributed by atoms with Crippen LogP contribution in [-0.2, 0) is 12.8 Å². The number of carbonyl (C=O) groups is 4. The van der Waals surface area contributed by atoms with Crippen LogP contribution in [0.5, 0.6) is 23.0 Å². The van der Waals surface area contributed by atoms with Crippen molar-refractivity contribution in [3.05, 3.63) is 167 Å². The predicted octanol–water partition coefficient (Wildman–Crippen LogP) is 12.0. The summed E-state index contributed by atoms with van der Waals surface area (Å²) in [4.78, 5) is 51.4. The van der Waals surface area contributed by atoms with E-state index >= 15 is 0 Å². The third-order valence-corrected chi connectivity index (χ3v) is 9.82. The second-order valence-electron chi connectivity index (χ2n) is 14.3. The van der Waals surface area contributed by atoms with Crippen LogP contribution < -0.4 is 18.9 Å². The zero-order chi connectivity index (χ0) is 40.7. The molecule has 58 heavy (non-hydrogen) atoms. The Morgan fingerprint density at radius 1 is 0.345 bits per heavy atom. The van der Waals surface area contributed by atoms with Gasteiger partial charge < -0.3 is 18.9 Å². The van der Waals surface area contributed by atoms with Crippen molar-refractivity contribution in [1.82, 2.24) is 0 Å². The van der Waals surface area contributed by atoms with E-state index in [-0.39, 0.29) is 11.1 Å². The number of hydrogen-bond donors (Lipinski definition) is 0. The molecular weight excluding hydrogens is 729 g/mol. The first-order valence-electron chi connectivity index (χ1n) is 20.1. The van der Waals surface area contributed by atoms with Gasteiger partial charge in [-0.3, -0.25) is 0 Å². The molecule has 0 saturated carbocycles. The first-order valence-corrected chi connectivity index (χ1v) is 20.1. The minimum absolute atomic E-state index is 0.276. The molecule has 8 nitrogen and oxygen atoms in total. The number of hydrogen-bond acceptors (Lipinski definition) is 8. The Morgan fingerprint density at radius 2 is 0.655 bits per heavy atom. The normalized spacial score (nSPS) is 10.9. The van der Waals surface area contributed by atoms with E-state index in [1.54, 1.807) is 84.9 Å². The molecule has 0 aromatic heterocycles. The average molecular weight is 777 g/mol. The maximum Gasteiger partial charge on any atom is 0.343 e. The van der Waals surface area contributed by atoms with E-state index in [4.69, 9.17) is 18.9 Å². The minimum atomic E-state index is -0.588. The summed E-state index contributed by atoms with van der Waals surface area (Å²) in [6.07, 6.45) is 11.5. The number of fused-ring (bicyclic) bond motifs is 1. The summed E-state index contributed by atoms with van der Waals surface area (Å²) in [5.41, 5.74) is 3.84. The fourth-order valence-corrected chi connectivity index (χ4v) is 6.44. The molecule has 8 heteroatoms. The summed E-state index contributed by atoms with van der Waals surface area (Å²) >= 11 is 0. The van der Waals surface area contributed by atoms with Crippen LogP contribution in [-0.4, -0.2) is 23.9 Å². The summed E-state index contributed by atoms with van der Waals surface area (Å²) in [7, 11) is 0. The van der Waals surface area contributed by atoms with Gasteiger partial charge in [0.2, 0.25) is 0 Å². The van der Waals surface area contributed by atoms with Crippen molar-refractivity contribution in [2.24, 2.45) is 0 Å². The molecule has 0 radical (unpaired) electrons. The summed E-state index contributed by atoms with van der Waals surface area (Å²) < 4.78 is 22.3. The minimum Gasteiger partial charge on any atom is -0.423 e. The van der Waals surface area contributed by atoms with E-state index in [0.717, 1.165) is 31.1 Å². The number of esters is 4. The van der Waals surface area contributed by atoms with Crippen LogP contribution in [0.25, 0.3) is 10.8 Å². The molecule has 0 spiro atoms. The van der Waals surface area contributed by atoms with Gasteiger partial charge in [-0.15, -0.1) is 0 Å². The van der Waals surface area contributed by atoms with E-state index in [1.807, 2.05) is 24.3 Å². The Labute approximate surface area is 339 Å². The van der Waals surface area contributed by atoms with E-state index in [1.165, 1.54) is 73.9 Å². The fourth-order valence-electron chi connectivity index (χ4n) is 6.44. The number of aryl methyl sites for hydroxylation is 2. The van der Waals surface area contributed by atoms with Gasteiger partial charge >= 0.3 is 23.9 Å². The van der Waals surface area contributed by atoms with Crippen molar-refractivity contribution in [2.75, 3.05) is 0 Å². The second-order valence-corrected chi connectivity index (χ2v) is 14.3. The number of benzene rings is 6. The zero-order valence-electron chi connectivity index (χ0n) is 33.0. The van der Waals surface area contributed by atoms with Gasteiger partial charge in [0.05, 0.1) is 22.3 Å². The first kappa shape index (κ1) is 41.1. The highest BCUT2D eigenvalue weighted by Crippen LogP contribution is 2.27. The van der Waals surface area contributed by atoms with E-state index in [2.05, 4.69) is 13.8 Å². The van der Waals surface area contributed by atoms with Crippen molar-refractivity contribution in [2.45, 2.75) is 78.1 Å². The molecule has 296 valence electrons. The smallest absolute Gasteiger partial charge is 0.343 e. The molecule has 6 rings (SSSR count). The lowest BCUT2D eigenvalue weighted by atomic mass is 10.0. The van der Waals surface area contributed by atoms with Gasteiger partial charge in [-0.25, -0.2) is 19.2 Å².